The first kappa shape index (κ1) is 10.6. The largest absolute Gasteiger partial charge is 0.372 e. The molecule has 0 fully saturated rings. The monoisotopic (exact) mass is 234 g/mol. The second kappa shape index (κ2) is 4.71. The van der Waals surface area contributed by atoms with Crippen molar-refractivity contribution in [2.45, 2.75) is 0 Å². The maximum atomic E-state index is 11.9. The second-order valence-corrected chi connectivity index (χ2v) is 3.84. The van der Waals surface area contributed by atoms with E-state index in [-0.39, 0.29) is 5.91 Å². The Bertz CT molecular complexity index is 483. The minimum Gasteiger partial charge on any atom is -0.372 e. The Morgan fingerprint density at radius 1 is 1.38 bits per heavy atom. The number of pyridine rings is 1. The Kier molecular flexibility index (Phi) is 3.11. The molecule has 2 aromatic rings. The summed E-state index contributed by atoms with van der Waals surface area (Å²) in [7, 11) is 1.72. The van der Waals surface area contributed by atoms with Gasteiger partial charge in [-0.3, -0.25) is 10.1 Å². The first-order valence-electron chi connectivity index (χ1n) is 4.65. The zero-order chi connectivity index (χ0) is 11.4. The highest BCUT2D eigenvalue weighted by Gasteiger charge is 2.11. The molecule has 0 aromatic carbocycles. The smallest absolute Gasteiger partial charge is 0.261 e. The van der Waals surface area contributed by atoms with E-state index in [0.717, 1.165) is 0 Å². The lowest BCUT2D eigenvalue weighted by Crippen LogP contribution is -2.14. The summed E-state index contributed by atoms with van der Waals surface area (Å²) in [5.41, 5.74) is 0.500. The molecule has 0 aliphatic rings. The van der Waals surface area contributed by atoms with Gasteiger partial charge in [0, 0.05) is 24.8 Å². The Hall–Kier alpha value is -1.95. The van der Waals surface area contributed by atoms with Gasteiger partial charge in [-0.25, -0.2) is 9.97 Å². The molecule has 2 heterocycles. The molecule has 0 spiro atoms. The minimum atomic E-state index is -0.215. The average molecular weight is 234 g/mol. The fourth-order valence-corrected chi connectivity index (χ4v) is 1.76. The zero-order valence-corrected chi connectivity index (χ0v) is 9.41. The molecule has 0 unspecified atom stereocenters. The van der Waals surface area contributed by atoms with E-state index >= 15 is 0 Å². The number of anilines is 2. The van der Waals surface area contributed by atoms with Crippen LogP contribution in [0.5, 0.6) is 0 Å². The number of rotatable bonds is 3. The molecule has 2 N–H and O–H groups in total. The number of thiazole rings is 1. The van der Waals surface area contributed by atoms with Gasteiger partial charge in [0.25, 0.3) is 5.91 Å². The lowest BCUT2D eigenvalue weighted by Gasteiger charge is -2.06. The van der Waals surface area contributed by atoms with Crippen LogP contribution in [0, 0.1) is 0 Å². The molecule has 5 nitrogen and oxygen atoms in total. The van der Waals surface area contributed by atoms with E-state index in [2.05, 4.69) is 20.6 Å². The lowest BCUT2D eigenvalue weighted by atomic mass is 10.2. The van der Waals surface area contributed by atoms with Crippen LogP contribution in [0.3, 0.4) is 0 Å². The normalized spacial score (nSPS) is 9.81. The fraction of sp³-hybridized carbons (Fsp3) is 0.100. The number of nitrogens with zero attached hydrogens (tertiary/aromatic N) is 2. The molecule has 2 rings (SSSR count). The molecule has 16 heavy (non-hydrogen) atoms. The molecule has 1 amide bonds. The summed E-state index contributed by atoms with van der Waals surface area (Å²) in [5, 5.41) is 7.95. The number of nitrogens with one attached hydrogen (secondary N) is 2. The summed E-state index contributed by atoms with van der Waals surface area (Å²) in [5.74, 6) is 0.337. The number of hydrogen-bond donors (Lipinski definition) is 2. The third-order valence-corrected chi connectivity index (χ3v) is 2.63. The van der Waals surface area contributed by atoms with Crippen molar-refractivity contribution in [1.82, 2.24) is 9.97 Å². The lowest BCUT2D eigenvalue weighted by molar-refractivity contribution is 0.102. The van der Waals surface area contributed by atoms with Gasteiger partial charge in [-0.1, -0.05) is 0 Å². The Morgan fingerprint density at radius 2 is 2.25 bits per heavy atom. The first-order chi connectivity index (χ1) is 7.81. The summed E-state index contributed by atoms with van der Waals surface area (Å²) in [4.78, 5) is 19.9. The second-order valence-electron chi connectivity index (χ2n) is 2.94. The number of carbonyl (C=O) groups is 1. The Balaban J connectivity index is 2.21. The highest BCUT2D eigenvalue weighted by Crippen LogP contribution is 2.15. The molecular weight excluding hydrogens is 224 g/mol. The van der Waals surface area contributed by atoms with Crippen LogP contribution in [-0.4, -0.2) is 22.9 Å². The van der Waals surface area contributed by atoms with E-state index < -0.39 is 0 Å². The van der Waals surface area contributed by atoms with E-state index in [1.807, 2.05) is 0 Å². The van der Waals surface area contributed by atoms with Crippen molar-refractivity contribution in [2.75, 3.05) is 17.7 Å². The van der Waals surface area contributed by atoms with Gasteiger partial charge in [0.2, 0.25) is 0 Å². The molecule has 0 saturated heterocycles. The highest BCUT2D eigenvalue weighted by molar-refractivity contribution is 7.13. The molecule has 0 radical (unpaired) electrons. The van der Waals surface area contributed by atoms with Crippen LogP contribution in [0.1, 0.15) is 10.4 Å². The maximum Gasteiger partial charge on any atom is 0.261 e. The van der Waals surface area contributed by atoms with Crippen LogP contribution in [0.25, 0.3) is 0 Å². The van der Waals surface area contributed by atoms with Crippen LogP contribution in [-0.2, 0) is 0 Å². The molecule has 82 valence electrons. The van der Waals surface area contributed by atoms with Gasteiger partial charge in [-0.05, 0) is 12.1 Å². The standard InChI is InChI=1S/C10H10N4OS/c1-11-8-7(3-2-4-12-8)9(15)14-10-13-5-6-16-10/h2-6H,1H3,(H,11,12)(H,13,14,15). The molecule has 0 bridgehead atoms. The van der Waals surface area contributed by atoms with Gasteiger partial charge < -0.3 is 5.32 Å². The van der Waals surface area contributed by atoms with E-state index in [1.54, 1.807) is 37.0 Å². The van der Waals surface area contributed by atoms with Crippen LogP contribution in [0.15, 0.2) is 29.9 Å². The Labute approximate surface area is 96.6 Å². The minimum absolute atomic E-state index is 0.215. The van der Waals surface area contributed by atoms with Gasteiger partial charge in [0.1, 0.15) is 5.82 Å². The first-order valence-corrected chi connectivity index (χ1v) is 5.53. The van der Waals surface area contributed by atoms with Crippen molar-refractivity contribution in [1.29, 1.82) is 0 Å². The van der Waals surface area contributed by atoms with Gasteiger partial charge in [0.05, 0.1) is 5.56 Å². The van der Waals surface area contributed by atoms with E-state index in [4.69, 9.17) is 0 Å². The van der Waals surface area contributed by atoms with E-state index in [1.165, 1.54) is 11.3 Å². The summed E-state index contributed by atoms with van der Waals surface area (Å²) < 4.78 is 0. The summed E-state index contributed by atoms with van der Waals surface area (Å²) >= 11 is 1.38. The number of amides is 1. The van der Waals surface area contributed by atoms with E-state index in [0.29, 0.717) is 16.5 Å². The van der Waals surface area contributed by atoms with Crippen molar-refractivity contribution in [3.05, 3.63) is 35.5 Å². The molecule has 0 aliphatic carbocycles. The van der Waals surface area contributed by atoms with Crippen molar-refractivity contribution >= 4 is 28.2 Å². The Morgan fingerprint density at radius 3 is 2.94 bits per heavy atom. The molecular formula is C10H10N4OS. The third kappa shape index (κ3) is 2.17. The van der Waals surface area contributed by atoms with Crippen LogP contribution >= 0.6 is 11.3 Å². The third-order valence-electron chi connectivity index (χ3n) is 1.94. The van der Waals surface area contributed by atoms with Crippen molar-refractivity contribution in [3.63, 3.8) is 0 Å². The van der Waals surface area contributed by atoms with Crippen LogP contribution in [0.4, 0.5) is 10.9 Å². The number of aromatic nitrogens is 2. The van der Waals surface area contributed by atoms with Crippen molar-refractivity contribution in [3.8, 4) is 0 Å². The maximum absolute atomic E-state index is 11.9. The molecule has 0 aliphatic heterocycles. The summed E-state index contributed by atoms with van der Waals surface area (Å²) in [6.07, 6.45) is 3.27. The molecule has 0 saturated carbocycles. The average Bonchev–Trinajstić information content (AvgIpc) is 2.81. The topological polar surface area (TPSA) is 66.9 Å². The van der Waals surface area contributed by atoms with Crippen molar-refractivity contribution in [2.24, 2.45) is 0 Å². The number of hydrogen-bond acceptors (Lipinski definition) is 5. The van der Waals surface area contributed by atoms with Crippen LogP contribution in [0.2, 0.25) is 0 Å². The van der Waals surface area contributed by atoms with Gasteiger partial charge >= 0.3 is 0 Å². The zero-order valence-electron chi connectivity index (χ0n) is 8.60. The van der Waals surface area contributed by atoms with Crippen molar-refractivity contribution < 1.29 is 4.79 Å². The highest BCUT2D eigenvalue weighted by atomic mass is 32.1. The molecule has 6 heteroatoms. The van der Waals surface area contributed by atoms with Gasteiger partial charge in [-0.15, -0.1) is 11.3 Å². The van der Waals surface area contributed by atoms with E-state index in [9.17, 15) is 4.79 Å². The summed E-state index contributed by atoms with van der Waals surface area (Å²) in [6, 6.07) is 3.43. The SMILES string of the molecule is CNc1ncccc1C(=O)Nc1nccs1. The fourth-order valence-electron chi connectivity index (χ4n) is 1.24. The van der Waals surface area contributed by atoms with Gasteiger partial charge in [0.15, 0.2) is 5.13 Å². The predicted molar refractivity (Wildman–Crippen MR) is 63.9 cm³/mol. The molecule has 0 atom stereocenters. The predicted octanol–water partition coefficient (Wildman–Crippen LogP) is 1.83. The quantitative estimate of drug-likeness (QED) is 0.850. The summed E-state index contributed by atoms with van der Waals surface area (Å²) in [6.45, 7) is 0. The van der Waals surface area contributed by atoms with Crippen LogP contribution < -0.4 is 10.6 Å². The molecule has 2 aromatic heterocycles. The van der Waals surface area contributed by atoms with Gasteiger partial charge in [-0.2, -0.15) is 0 Å². The number of carbonyl (C=O) groups excluding carboxylic acids is 1.